The Morgan fingerprint density at radius 3 is 2.74 bits per heavy atom. The van der Waals surface area contributed by atoms with Crippen LogP contribution in [-0.2, 0) is 13.1 Å². The zero-order valence-electron chi connectivity index (χ0n) is 11.0. The maximum atomic E-state index is 5.37. The molecule has 0 aromatic carbocycles. The Morgan fingerprint density at radius 1 is 1.21 bits per heavy atom. The van der Waals surface area contributed by atoms with Gasteiger partial charge in [-0.05, 0) is 36.9 Å². The summed E-state index contributed by atoms with van der Waals surface area (Å²) in [4.78, 5) is 8.70. The number of pyridine rings is 1. The number of aromatic nitrogens is 1. The fourth-order valence-electron chi connectivity index (χ4n) is 1.79. The van der Waals surface area contributed by atoms with E-state index in [9.17, 15) is 0 Å². The second kappa shape index (κ2) is 7.05. The fourth-order valence-corrected chi connectivity index (χ4v) is 2.75. The van der Waals surface area contributed by atoms with Gasteiger partial charge in [-0.15, -0.1) is 11.3 Å². The van der Waals surface area contributed by atoms with Crippen molar-refractivity contribution in [1.82, 2.24) is 9.88 Å². The molecular weight excluding hydrogens is 254 g/mol. The summed E-state index contributed by atoms with van der Waals surface area (Å²) in [5.74, 6) is 5.94. The highest BCUT2D eigenvalue weighted by atomic mass is 32.1. The first-order valence-electron chi connectivity index (χ1n) is 6.13. The molecule has 2 heterocycles. The second-order valence-corrected chi connectivity index (χ2v) is 5.47. The molecule has 2 rings (SSSR count). The van der Waals surface area contributed by atoms with Crippen molar-refractivity contribution in [1.29, 1.82) is 0 Å². The normalized spacial score (nSPS) is 10.3. The highest BCUT2D eigenvalue weighted by molar-refractivity contribution is 7.12. The summed E-state index contributed by atoms with van der Waals surface area (Å²) >= 11 is 1.73. The van der Waals surface area contributed by atoms with Crippen LogP contribution >= 0.6 is 11.3 Å². The van der Waals surface area contributed by atoms with E-state index < -0.39 is 0 Å². The number of hydrogen-bond acceptors (Lipinski definition) is 4. The van der Waals surface area contributed by atoms with Crippen LogP contribution < -0.4 is 5.73 Å². The Labute approximate surface area is 118 Å². The molecule has 2 aromatic heterocycles. The average Bonchev–Trinajstić information content (AvgIpc) is 2.85. The lowest BCUT2D eigenvalue weighted by Crippen LogP contribution is -2.16. The van der Waals surface area contributed by atoms with Crippen molar-refractivity contribution in [2.45, 2.75) is 13.1 Å². The fraction of sp³-hybridized carbons (Fsp3) is 0.267. The maximum Gasteiger partial charge on any atom is 0.0772 e. The van der Waals surface area contributed by atoms with Crippen LogP contribution in [0.3, 0.4) is 0 Å². The summed E-state index contributed by atoms with van der Waals surface area (Å²) in [6, 6.07) is 8.28. The molecular formula is C15H17N3S. The number of nitrogens with two attached hydrogens (primary N) is 1. The summed E-state index contributed by atoms with van der Waals surface area (Å²) in [6.07, 6.45) is 3.66. The first kappa shape index (κ1) is 13.8. The van der Waals surface area contributed by atoms with Crippen molar-refractivity contribution >= 4 is 11.3 Å². The van der Waals surface area contributed by atoms with Gasteiger partial charge in [0, 0.05) is 30.4 Å². The van der Waals surface area contributed by atoms with Gasteiger partial charge in [0.1, 0.15) is 0 Å². The summed E-state index contributed by atoms with van der Waals surface area (Å²) < 4.78 is 0. The van der Waals surface area contributed by atoms with Crippen molar-refractivity contribution in [3.63, 3.8) is 0 Å². The molecule has 0 aliphatic heterocycles. The molecule has 0 saturated heterocycles. The molecule has 2 aromatic rings. The van der Waals surface area contributed by atoms with Crippen molar-refractivity contribution in [2.24, 2.45) is 5.73 Å². The van der Waals surface area contributed by atoms with Crippen LogP contribution in [0.1, 0.15) is 15.3 Å². The maximum absolute atomic E-state index is 5.37. The Hall–Kier alpha value is -1.67. The first-order chi connectivity index (χ1) is 9.28. The van der Waals surface area contributed by atoms with Crippen LogP contribution in [0.2, 0.25) is 0 Å². The van der Waals surface area contributed by atoms with Crippen molar-refractivity contribution in [3.8, 4) is 11.8 Å². The molecule has 0 aliphatic carbocycles. The number of rotatable bonds is 4. The van der Waals surface area contributed by atoms with E-state index in [1.807, 2.05) is 24.5 Å². The standard InChI is InChI=1S/C15H17N3S/c1-18(11-13-6-9-17-10-7-13)12-15-5-4-14(19-15)3-2-8-16/h4-7,9-10H,8,11-12,16H2,1H3. The largest absolute Gasteiger partial charge is 0.320 e. The molecule has 4 heteroatoms. The molecule has 0 saturated carbocycles. The molecule has 2 N–H and O–H groups in total. The molecule has 0 atom stereocenters. The highest BCUT2D eigenvalue weighted by Crippen LogP contribution is 2.17. The number of thiophene rings is 1. The summed E-state index contributed by atoms with van der Waals surface area (Å²) in [5, 5.41) is 0. The predicted molar refractivity (Wildman–Crippen MR) is 79.7 cm³/mol. The smallest absolute Gasteiger partial charge is 0.0772 e. The molecule has 3 nitrogen and oxygen atoms in total. The van der Waals surface area contributed by atoms with E-state index in [0.29, 0.717) is 6.54 Å². The minimum absolute atomic E-state index is 0.412. The zero-order chi connectivity index (χ0) is 13.5. The third kappa shape index (κ3) is 4.49. The molecule has 19 heavy (non-hydrogen) atoms. The van der Waals surface area contributed by atoms with Gasteiger partial charge in [-0.1, -0.05) is 11.8 Å². The minimum Gasteiger partial charge on any atom is -0.320 e. The second-order valence-electron chi connectivity index (χ2n) is 4.30. The third-order valence-electron chi connectivity index (χ3n) is 2.60. The molecule has 0 radical (unpaired) electrons. The van der Waals surface area contributed by atoms with Gasteiger partial charge in [0.2, 0.25) is 0 Å². The summed E-state index contributed by atoms with van der Waals surface area (Å²) in [7, 11) is 2.12. The van der Waals surface area contributed by atoms with Crippen LogP contribution in [0.5, 0.6) is 0 Å². The van der Waals surface area contributed by atoms with Crippen molar-refractivity contribution < 1.29 is 0 Å². The number of nitrogens with zero attached hydrogens (tertiary/aromatic N) is 2. The van der Waals surface area contributed by atoms with Gasteiger partial charge in [0.05, 0.1) is 11.4 Å². The quantitative estimate of drug-likeness (QED) is 0.866. The Kier molecular flexibility index (Phi) is 5.10. The van der Waals surface area contributed by atoms with Crippen LogP contribution in [0.25, 0.3) is 0 Å². The van der Waals surface area contributed by atoms with E-state index in [1.165, 1.54) is 10.4 Å². The molecule has 0 fully saturated rings. The molecule has 0 amide bonds. The van der Waals surface area contributed by atoms with Gasteiger partial charge >= 0.3 is 0 Å². The van der Waals surface area contributed by atoms with Crippen molar-refractivity contribution in [2.75, 3.05) is 13.6 Å². The average molecular weight is 271 g/mol. The summed E-state index contributed by atoms with van der Waals surface area (Å²) in [6.45, 7) is 2.26. The highest BCUT2D eigenvalue weighted by Gasteiger charge is 2.04. The van der Waals surface area contributed by atoms with E-state index in [2.05, 4.69) is 40.9 Å². The Bertz CT molecular complexity index is 566. The molecule has 0 aliphatic rings. The van der Waals surface area contributed by atoms with Crippen LogP contribution in [0.4, 0.5) is 0 Å². The molecule has 98 valence electrons. The zero-order valence-corrected chi connectivity index (χ0v) is 11.8. The molecule has 0 unspecified atom stereocenters. The minimum atomic E-state index is 0.412. The van der Waals surface area contributed by atoms with Gasteiger partial charge < -0.3 is 5.73 Å². The van der Waals surface area contributed by atoms with E-state index in [1.54, 1.807) is 11.3 Å². The van der Waals surface area contributed by atoms with Crippen LogP contribution in [0, 0.1) is 11.8 Å². The van der Waals surface area contributed by atoms with E-state index in [4.69, 9.17) is 5.73 Å². The Morgan fingerprint density at radius 2 is 2.00 bits per heavy atom. The van der Waals surface area contributed by atoms with Gasteiger partial charge in [-0.2, -0.15) is 0 Å². The predicted octanol–water partition coefficient (Wildman–Crippen LogP) is 2.09. The van der Waals surface area contributed by atoms with Gasteiger partial charge in [-0.25, -0.2) is 0 Å². The molecule has 0 spiro atoms. The van der Waals surface area contributed by atoms with Gasteiger partial charge in [0.25, 0.3) is 0 Å². The Balaban J connectivity index is 1.92. The lowest BCUT2D eigenvalue weighted by molar-refractivity contribution is 0.322. The SMILES string of the molecule is CN(Cc1ccncc1)Cc1ccc(C#CCN)s1. The van der Waals surface area contributed by atoms with E-state index >= 15 is 0 Å². The lowest BCUT2D eigenvalue weighted by Gasteiger charge is -2.15. The number of hydrogen-bond donors (Lipinski definition) is 1. The van der Waals surface area contributed by atoms with Gasteiger partial charge in [0.15, 0.2) is 0 Å². The van der Waals surface area contributed by atoms with Crippen LogP contribution in [0.15, 0.2) is 36.7 Å². The van der Waals surface area contributed by atoms with Gasteiger partial charge in [-0.3, -0.25) is 9.88 Å². The van der Waals surface area contributed by atoms with Crippen molar-refractivity contribution in [3.05, 3.63) is 52.0 Å². The van der Waals surface area contributed by atoms with E-state index in [-0.39, 0.29) is 0 Å². The van der Waals surface area contributed by atoms with Crippen LogP contribution in [-0.4, -0.2) is 23.5 Å². The monoisotopic (exact) mass is 271 g/mol. The molecule has 0 bridgehead atoms. The topological polar surface area (TPSA) is 42.2 Å². The van der Waals surface area contributed by atoms with E-state index in [0.717, 1.165) is 18.0 Å². The lowest BCUT2D eigenvalue weighted by atomic mass is 10.2. The summed E-state index contributed by atoms with van der Waals surface area (Å²) in [5.41, 5.74) is 6.64. The first-order valence-corrected chi connectivity index (χ1v) is 6.94. The third-order valence-corrected chi connectivity index (χ3v) is 3.59.